The number of hydrogen-bond acceptors (Lipinski definition) is 5. The summed E-state index contributed by atoms with van der Waals surface area (Å²) in [6.07, 6.45) is 1.07. The van der Waals surface area contributed by atoms with Gasteiger partial charge in [0.25, 0.3) is 11.6 Å². The van der Waals surface area contributed by atoms with Gasteiger partial charge >= 0.3 is 0 Å². The van der Waals surface area contributed by atoms with Gasteiger partial charge in [-0.3, -0.25) is 14.9 Å². The Morgan fingerprint density at radius 3 is 2.43 bits per heavy atom. The number of hydrogen-bond donors (Lipinski definition) is 0. The lowest BCUT2D eigenvalue weighted by Gasteiger charge is -2.35. The predicted molar refractivity (Wildman–Crippen MR) is 118 cm³/mol. The van der Waals surface area contributed by atoms with Crippen LogP contribution < -0.4 is 9.64 Å². The van der Waals surface area contributed by atoms with Crippen LogP contribution in [-0.4, -0.2) is 48.5 Å². The molecule has 1 fully saturated rings. The van der Waals surface area contributed by atoms with E-state index in [1.54, 1.807) is 17.0 Å². The second-order valence-electron chi connectivity index (χ2n) is 7.42. The maximum absolute atomic E-state index is 12.5. The first kappa shape index (κ1) is 21.9. The highest BCUT2D eigenvalue weighted by molar-refractivity contribution is 6.30. The summed E-state index contributed by atoms with van der Waals surface area (Å²) in [6.45, 7) is 6.29. The Hall–Kier alpha value is -2.80. The maximum atomic E-state index is 12.5. The third-order valence-corrected chi connectivity index (χ3v) is 5.77. The first-order valence-electron chi connectivity index (χ1n) is 10.1. The van der Waals surface area contributed by atoms with Gasteiger partial charge in [-0.05, 0) is 42.2 Å². The van der Waals surface area contributed by atoms with E-state index in [2.05, 4.69) is 13.8 Å². The fourth-order valence-electron chi connectivity index (χ4n) is 3.47. The van der Waals surface area contributed by atoms with E-state index in [1.807, 2.05) is 29.2 Å². The molecule has 160 valence electrons. The molecule has 0 bridgehead atoms. The zero-order chi connectivity index (χ0) is 21.7. The molecule has 0 aliphatic carbocycles. The van der Waals surface area contributed by atoms with Crippen LogP contribution in [0.15, 0.2) is 42.5 Å². The topological polar surface area (TPSA) is 75.9 Å². The van der Waals surface area contributed by atoms with Crippen LogP contribution in [0.5, 0.6) is 5.75 Å². The van der Waals surface area contributed by atoms with Crippen molar-refractivity contribution in [3.8, 4) is 5.75 Å². The lowest BCUT2D eigenvalue weighted by molar-refractivity contribution is -0.384. The molecular formula is C22H26ClN3O4. The number of rotatable bonds is 7. The lowest BCUT2D eigenvalue weighted by Crippen LogP contribution is -2.50. The Labute approximate surface area is 181 Å². The third-order valence-electron chi connectivity index (χ3n) is 5.53. The molecule has 1 amide bonds. The van der Waals surface area contributed by atoms with E-state index in [0.717, 1.165) is 6.42 Å². The summed E-state index contributed by atoms with van der Waals surface area (Å²) < 4.78 is 5.66. The van der Waals surface area contributed by atoms with E-state index < -0.39 is 4.92 Å². The molecular weight excluding hydrogens is 406 g/mol. The molecule has 1 heterocycles. The molecule has 2 aromatic rings. The standard InChI is InChI=1S/C22H26ClN3O4/c1-3-16(2)17-4-7-19(8-5-17)30-15-22(27)25-12-10-24(11-13-25)20-9-6-18(23)14-21(20)26(28)29/h4-9,14,16H,3,10-13,15H2,1-2H3/t16-/m1/s1. The Morgan fingerprint density at radius 1 is 1.17 bits per heavy atom. The summed E-state index contributed by atoms with van der Waals surface area (Å²) in [7, 11) is 0. The summed E-state index contributed by atoms with van der Waals surface area (Å²) in [5.74, 6) is 1.07. The van der Waals surface area contributed by atoms with Gasteiger partial charge in [0.15, 0.2) is 6.61 Å². The number of amides is 1. The van der Waals surface area contributed by atoms with Gasteiger partial charge in [0, 0.05) is 37.3 Å². The van der Waals surface area contributed by atoms with Gasteiger partial charge in [-0.2, -0.15) is 0 Å². The van der Waals surface area contributed by atoms with Crippen molar-refractivity contribution in [1.82, 2.24) is 4.90 Å². The number of benzene rings is 2. The molecule has 1 aliphatic rings. The van der Waals surface area contributed by atoms with Crippen molar-refractivity contribution in [2.45, 2.75) is 26.2 Å². The number of carbonyl (C=O) groups is 1. The highest BCUT2D eigenvalue weighted by atomic mass is 35.5. The Kier molecular flexibility index (Phi) is 7.15. The smallest absolute Gasteiger partial charge is 0.294 e. The molecule has 0 radical (unpaired) electrons. The normalized spacial score (nSPS) is 15.0. The highest BCUT2D eigenvalue weighted by Gasteiger charge is 2.26. The summed E-state index contributed by atoms with van der Waals surface area (Å²) in [4.78, 5) is 27.0. The van der Waals surface area contributed by atoms with Crippen molar-refractivity contribution >= 4 is 28.9 Å². The van der Waals surface area contributed by atoms with E-state index >= 15 is 0 Å². The minimum atomic E-state index is -0.431. The van der Waals surface area contributed by atoms with Gasteiger partial charge in [0.1, 0.15) is 11.4 Å². The highest BCUT2D eigenvalue weighted by Crippen LogP contribution is 2.31. The predicted octanol–water partition coefficient (Wildman–Crippen LogP) is 4.49. The Balaban J connectivity index is 1.53. The quantitative estimate of drug-likeness (QED) is 0.477. The minimum absolute atomic E-state index is 0.0218. The van der Waals surface area contributed by atoms with E-state index in [1.165, 1.54) is 11.6 Å². The van der Waals surface area contributed by atoms with E-state index in [9.17, 15) is 14.9 Å². The number of ether oxygens (including phenoxy) is 1. The van der Waals surface area contributed by atoms with Gasteiger partial charge in [-0.1, -0.05) is 37.6 Å². The molecule has 3 rings (SSSR count). The van der Waals surface area contributed by atoms with Gasteiger partial charge in [0.05, 0.1) is 4.92 Å². The maximum Gasteiger partial charge on any atom is 0.294 e. The van der Waals surface area contributed by atoms with E-state index in [0.29, 0.717) is 48.6 Å². The SMILES string of the molecule is CC[C@@H](C)c1ccc(OCC(=O)N2CCN(c3ccc(Cl)cc3[N+](=O)[O-])CC2)cc1. The van der Waals surface area contributed by atoms with Crippen LogP contribution in [0, 0.1) is 10.1 Å². The molecule has 0 unspecified atom stereocenters. The lowest BCUT2D eigenvalue weighted by atomic mass is 9.99. The van der Waals surface area contributed by atoms with Gasteiger partial charge in [-0.25, -0.2) is 0 Å². The van der Waals surface area contributed by atoms with Crippen molar-refractivity contribution in [2.75, 3.05) is 37.7 Å². The second kappa shape index (κ2) is 9.80. The Bertz CT molecular complexity index is 896. The van der Waals surface area contributed by atoms with Crippen molar-refractivity contribution in [3.63, 3.8) is 0 Å². The number of nitro groups is 1. The first-order valence-corrected chi connectivity index (χ1v) is 10.5. The molecule has 30 heavy (non-hydrogen) atoms. The molecule has 8 heteroatoms. The summed E-state index contributed by atoms with van der Waals surface area (Å²) >= 11 is 5.89. The third kappa shape index (κ3) is 5.21. The molecule has 7 nitrogen and oxygen atoms in total. The van der Waals surface area contributed by atoms with E-state index in [4.69, 9.17) is 16.3 Å². The molecule has 2 aromatic carbocycles. The van der Waals surface area contributed by atoms with Crippen molar-refractivity contribution in [1.29, 1.82) is 0 Å². The van der Waals surface area contributed by atoms with Crippen LogP contribution in [0.25, 0.3) is 0 Å². The average molecular weight is 432 g/mol. The zero-order valence-corrected chi connectivity index (χ0v) is 18.0. The number of piperazine rings is 1. The molecule has 0 N–H and O–H groups in total. The fraction of sp³-hybridized carbons (Fsp3) is 0.409. The van der Waals surface area contributed by atoms with Crippen molar-refractivity contribution in [2.24, 2.45) is 0 Å². The molecule has 1 atom stereocenters. The second-order valence-corrected chi connectivity index (χ2v) is 7.86. The van der Waals surface area contributed by atoms with Gasteiger partial charge in [-0.15, -0.1) is 0 Å². The monoisotopic (exact) mass is 431 g/mol. The number of halogens is 1. The summed E-state index contributed by atoms with van der Waals surface area (Å²) in [5, 5.41) is 11.7. The van der Waals surface area contributed by atoms with Crippen LogP contribution in [0.2, 0.25) is 5.02 Å². The van der Waals surface area contributed by atoms with Gasteiger partial charge in [0.2, 0.25) is 0 Å². The minimum Gasteiger partial charge on any atom is -0.484 e. The van der Waals surface area contributed by atoms with Crippen LogP contribution in [0.3, 0.4) is 0 Å². The van der Waals surface area contributed by atoms with Crippen LogP contribution >= 0.6 is 11.6 Å². The van der Waals surface area contributed by atoms with Crippen LogP contribution in [0.1, 0.15) is 31.7 Å². The van der Waals surface area contributed by atoms with Gasteiger partial charge < -0.3 is 14.5 Å². The van der Waals surface area contributed by atoms with E-state index in [-0.39, 0.29) is 18.2 Å². The molecule has 0 aromatic heterocycles. The molecule has 0 saturated carbocycles. The number of anilines is 1. The van der Waals surface area contributed by atoms with Crippen LogP contribution in [0.4, 0.5) is 11.4 Å². The largest absolute Gasteiger partial charge is 0.484 e. The summed E-state index contributed by atoms with van der Waals surface area (Å²) in [5.41, 5.74) is 1.75. The number of nitrogens with zero attached hydrogens (tertiary/aromatic N) is 3. The zero-order valence-electron chi connectivity index (χ0n) is 17.2. The fourth-order valence-corrected chi connectivity index (χ4v) is 3.64. The first-order chi connectivity index (χ1) is 14.4. The van der Waals surface area contributed by atoms with Crippen molar-refractivity contribution in [3.05, 3.63) is 63.2 Å². The van der Waals surface area contributed by atoms with Crippen LogP contribution in [-0.2, 0) is 4.79 Å². The molecule has 1 saturated heterocycles. The molecule has 0 spiro atoms. The summed E-state index contributed by atoms with van der Waals surface area (Å²) in [6, 6.07) is 12.5. The number of nitro benzene ring substituents is 1. The van der Waals surface area contributed by atoms with Crippen molar-refractivity contribution < 1.29 is 14.5 Å². The molecule has 1 aliphatic heterocycles. The number of carbonyl (C=O) groups excluding carboxylic acids is 1. The Morgan fingerprint density at radius 2 is 1.83 bits per heavy atom. The average Bonchev–Trinajstić information content (AvgIpc) is 2.77.